The molecule has 1 aromatic heterocycles. The molecule has 1 unspecified atom stereocenters. The SMILES string of the molecule is C[C@]12CC[C@H]3C(CCC4=CC(=O)CC[C@@]43C)[C@@H]1CC[C@@H]2c1csc(N)n1. The van der Waals surface area contributed by atoms with Crippen molar-refractivity contribution in [1.29, 1.82) is 0 Å². The van der Waals surface area contributed by atoms with Crippen LogP contribution in [0.5, 0.6) is 0 Å². The molecule has 26 heavy (non-hydrogen) atoms. The Hall–Kier alpha value is -1.16. The topological polar surface area (TPSA) is 56.0 Å². The summed E-state index contributed by atoms with van der Waals surface area (Å²) in [7, 11) is 0. The zero-order valence-corrected chi connectivity index (χ0v) is 16.8. The van der Waals surface area contributed by atoms with Gasteiger partial charge in [-0.1, -0.05) is 19.4 Å². The summed E-state index contributed by atoms with van der Waals surface area (Å²) in [6, 6.07) is 0. The fraction of sp³-hybridized carbons (Fsp3) is 0.727. The number of rotatable bonds is 1. The van der Waals surface area contributed by atoms with Crippen molar-refractivity contribution in [2.75, 3.05) is 5.73 Å². The number of hydrogen-bond acceptors (Lipinski definition) is 4. The van der Waals surface area contributed by atoms with Crippen LogP contribution >= 0.6 is 11.3 Å². The molecule has 3 saturated carbocycles. The van der Waals surface area contributed by atoms with Crippen LogP contribution in [0.1, 0.15) is 76.8 Å². The first kappa shape index (κ1) is 17.0. The number of fused-ring (bicyclic) bond motifs is 5. The van der Waals surface area contributed by atoms with E-state index in [1.54, 1.807) is 11.3 Å². The summed E-state index contributed by atoms with van der Waals surface area (Å²) in [5.41, 5.74) is 9.32. The molecule has 4 aliphatic carbocycles. The molecule has 0 bridgehead atoms. The highest BCUT2D eigenvalue weighted by Crippen LogP contribution is 2.68. The van der Waals surface area contributed by atoms with Gasteiger partial charge < -0.3 is 5.73 Å². The van der Waals surface area contributed by atoms with E-state index < -0.39 is 0 Å². The number of carbonyl (C=O) groups excluding carboxylic acids is 1. The highest BCUT2D eigenvalue weighted by atomic mass is 32.1. The Morgan fingerprint density at radius 3 is 2.73 bits per heavy atom. The third-order valence-electron chi connectivity index (χ3n) is 8.86. The van der Waals surface area contributed by atoms with Gasteiger partial charge in [0.1, 0.15) is 0 Å². The Kier molecular flexibility index (Phi) is 3.70. The van der Waals surface area contributed by atoms with Crippen LogP contribution < -0.4 is 5.73 Å². The lowest BCUT2D eigenvalue weighted by Crippen LogP contribution is -2.50. The normalized spacial score (nSPS) is 44.8. The fourth-order valence-corrected chi connectivity index (χ4v) is 8.12. The summed E-state index contributed by atoms with van der Waals surface area (Å²) >= 11 is 1.59. The molecule has 1 heterocycles. The predicted octanol–water partition coefficient (Wildman–Crippen LogP) is 5.34. The average molecular weight is 371 g/mol. The number of carbonyl (C=O) groups is 1. The molecule has 0 spiro atoms. The zero-order chi connectivity index (χ0) is 18.1. The first-order chi connectivity index (χ1) is 12.4. The summed E-state index contributed by atoms with van der Waals surface area (Å²) in [5, 5.41) is 2.92. The summed E-state index contributed by atoms with van der Waals surface area (Å²) in [5.74, 6) is 3.35. The van der Waals surface area contributed by atoms with E-state index in [9.17, 15) is 4.79 Å². The van der Waals surface area contributed by atoms with Crippen molar-refractivity contribution in [2.24, 2.45) is 28.6 Å². The molecule has 0 aromatic carbocycles. The Morgan fingerprint density at radius 2 is 1.96 bits per heavy atom. The van der Waals surface area contributed by atoms with Crippen LogP contribution in [0.15, 0.2) is 17.0 Å². The smallest absolute Gasteiger partial charge is 0.180 e. The Labute approximate surface area is 160 Å². The molecule has 0 amide bonds. The third kappa shape index (κ3) is 2.23. The molecule has 3 nitrogen and oxygen atoms in total. The van der Waals surface area contributed by atoms with Gasteiger partial charge in [0.25, 0.3) is 0 Å². The van der Waals surface area contributed by atoms with Crippen LogP contribution in [0.25, 0.3) is 0 Å². The maximum atomic E-state index is 12.0. The van der Waals surface area contributed by atoms with E-state index in [0.717, 1.165) is 37.0 Å². The van der Waals surface area contributed by atoms with Gasteiger partial charge in [-0.15, -0.1) is 11.3 Å². The van der Waals surface area contributed by atoms with E-state index in [2.05, 4.69) is 24.2 Å². The molecular weight excluding hydrogens is 340 g/mol. The second kappa shape index (κ2) is 5.67. The van der Waals surface area contributed by atoms with Gasteiger partial charge in [0, 0.05) is 17.7 Å². The number of nitrogens with two attached hydrogens (primary N) is 1. The molecule has 2 N–H and O–H groups in total. The van der Waals surface area contributed by atoms with Gasteiger partial charge in [0.15, 0.2) is 10.9 Å². The van der Waals surface area contributed by atoms with E-state index in [1.165, 1.54) is 43.4 Å². The van der Waals surface area contributed by atoms with Crippen LogP contribution in [0.3, 0.4) is 0 Å². The van der Waals surface area contributed by atoms with Crippen molar-refractivity contribution in [3.63, 3.8) is 0 Å². The summed E-state index contributed by atoms with van der Waals surface area (Å²) in [4.78, 5) is 16.6. The van der Waals surface area contributed by atoms with Crippen LogP contribution in [-0.2, 0) is 4.79 Å². The minimum Gasteiger partial charge on any atom is -0.375 e. The van der Waals surface area contributed by atoms with Gasteiger partial charge in [0.2, 0.25) is 0 Å². The molecule has 140 valence electrons. The van der Waals surface area contributed by atoms with E-state index in [4.69, 9.17) is 5.73 Å². The van der Waals surface area contributed by atoms with Gasteiger partial charge in [-0.25, -0.2) is 4.98 Å². The molecule has 4 aliphatic rings. The Balaban J connectivity index is 1.47. The lowest BCUT2D eigenvalue weighted by atomic mass is 9.47. The van der Waals surface area contributed by atoms with Crippen LogP contribution in [0.2, 0.25) is 0 Å². The van der Waals surface area contributed by atoms with Crippen molar-refractivity contribution >= 4 is 22.3 Å². The second-order valence-corrected chi connectivity index (χ2v) is 10.6. The maximum Gasteiger partial charge on any atom is 0.180 e. The number of hydrogen-bond donors (Lipinski definition) is 1. The summed E-state index contributed by atoms with van der Waals surface area (Å²) in [6.45, 7) is 5.01. The minimum absolute atomic E-state index is 0.279. The minimum atomic E-state index is 0.279. The summed E-state index contributed by atoms with van der Waals surface area (Å²) in [6.07, 6.45) is 11.5. The highest BCUT2D eigenvalue weighted by Gasteiger charge is 2.59. The first-order valence-electron chi connectivity index (χ1n) is 10.4. The van der Waals surface area contributed by atoms with Crippen LogP contribution in [-0.4, -0.2) is 10.8 Å². The lowest BCUT2D eigenvalue weighted by Gasteiger charge is -2.58. The molecule has 6 atom stereocenters. The van der Waals surface area contributed by atoms with Gasteiger partial charge >= 0.3 is 0 Å². The van der Waals surface area contributed by atoms with E-state index in [0.29, 0.717) is 22.2 Å². The number of nitrogens with zero attached hydrogens (tertiary/aromatic N) is 1. The molecule has 4 heteroatoms. The number of ketones is 1. The van der Waals surface area contributed by atoms with Crippen LogP contribution in [0.4, 0.5) is 5.13 Å². The van der Waals surface area contributed by atoms with Crippen molar-refractivity contribution in [1.82, 2.24) is 4.98 Å². The largest absolute Gasteiger partial charge is 0.375 e. The average Bonchev–Trinajstić information content (AvgIpc) is 3.18. The zero-order valence-electron chi connectivity index (χ0n) is 16.0. The highest BCUT2D eigenvalue weighted by molar-refractivity contribution is 7.13. The van der Waals surface area contributed by atoms with E-state index >= 15 is 0 Å². The van der Waals surface area contributed by atoms with Crippen LogP contribution in [0, 0.1) is 28.6 Å². The molecule has 0 radical (unpaired) electrons. The Morgan fingerprint density at radius 1 is 1.12 bits per heavy atom. The summed E-state index contributed by atoms with van der Waals surface area (Å²) < 4.78 is 0. The first-order valence-corrected chi connectivity index (χ1v) is 11.2. The van der Waals surface area contributed by atoms with Gasteiger partial charge in [-0.05, 0) is 79.6 Å². The third-order valence-corrected chi connectivity index (χ3v) is 9.55. The van der Waals surface area contributed by atoms with Crippen molar-refractivity contribution in [2.45, 2.75) is 71.1 Å². The molecule has 1 aromatic rings. The predicted molar refractivity (Wildman–Crippen MR) is 106 cm³/mol. The molecular formula is C22H30N2OS. The van der Waals surface area contributed by atoms with Gasteiger partial charge in [-0.3, -0.25) is 4.79 Å². The number of anilines is 1. The van der Waals surface area contributed by atoms with Crippen molar-refractivity contribution in [3.05, 3.63) is 22.7 Å². The monoisotopic (exact) mass is 370 g/mol. The standard InChI is InChI=1S/C22H30N2OS/c1-21-9-7-14(25)11-13(21)3-4-15-16-5-6-18(19-12-26-20(23)24-19)22(16,2)10-8-17(15)21/h11-12,15-18H,3-10H2,1-2H3,(H2,23,24)/t15?,16-,17-,18+,21-,22-/m0/s1. The van der Waals surface area contributed by atoms with Crippen molar-refractivity contribution < 1.29 is 4.79 Å². The second-order valence-electron chi connectivity index (χ2n) is 9.75. The van der Waals surface area contributed by atoms with Gasteiger partial charge in [0.05, 0.1) is 5.69 Å². The van der Waals surface area contributed by atoms with E-state index in [-0.39, 0.29) is 5.41 Å². The quantitative estimate of drug-likeness (QED) is 0.726. The molecule has 5 rings (SSSR count). The fourth-order valence-electron chi connectivity index (χ4n) is 7.51. The maximum absolute atomic E-state index is 12.0. The number of nitrogen functional groups attached to an aromatic ring is 1. The van der Waals surface area contributed by atoms with E-state index in [1.807, 2.05) is 6.08 Å². The molecule has 0 aliphatic heterocycles. The van der Waals surface area contributed by atoms with Gasteiger partial charge in [-0.2, -0.15) is 0 Å². The molecule has 0 saturated heterocycles. The lowest BCUT2D eigenvalue weighted by molar-refractivity contribution is -0.117. The Bertz CT molecular complexity index is 783. The van der Waals surface area contributed by atoms with Crippen molar-refractivity contribution in [3.8, 4) is 0 Å². The number of allylic oxidation sites excluding steroid dienone is 1. The molecule has 3 fully saturated rings. The number of aromatic nitrogens is 1. The number of thiazole rings is 1.